The summed E-state index contributed by atoms with van der Waals surface area (Å²) in [6.07, 6.45) is 0.539. The Labute approximate surface area is 167 Å². The van der Waals surface area contributed by atoms with Crippen LogP contribution in [0.1, 0.15) is 18.1 Å². The van der Waals surface area contributed by atoms with Gasteiger partial charge in [-0.25, -0.2) is 0 Å². The van der Waals surface area contributed by atoms with E-state index in [0.717, 1.165) is 5.56 Å². The maximum atomic E-state index is 12.1. The van der Waals surface area contributed by atoms with E-state index >= 15 is 0 Å². The highest BCUT2D eigenvalue weighted by atomic mass is 19.3. The van der Waals surface area contributed by atoms with E-state index in [9.17, 15) is 13.6 Å². The molecule has 0 aromatic heterocycles. The van der Waals surface area contributed by atoms with E-state index in [2.05, 4.69) is 15.2 Å². The molecule has 0 heterocycles. The Bertz CT molecular complexity index is 828. The fourth-order valence-electron chi connectivity index (χ4n) is 2.29. The van der Waals surface area contributed by atoms with Gasteiger partial charge in [-0.1, -0.05) is 11.2 Å². The molecule has 0 spiro atoms. The van der Waals surface area contributed by atoms with Crippen LogP contribution in [0.15, 0.2) is 47.6 Å². The van der Waals surface area contributed by atoms with Crippen molar-refractivity contribution >= 4 is 12.1 Å². The van der Waals surface area contributed by atoms with E-state index in [-0.39, 0.29) is 18.2 Å². The summed E-state index contributed by atoms with van der Waals surface area (Å²) in [5.74, 6) is 0.860. The molecule has 0 fully saturated rings. The van der Waals surface area contributed by atoms with E-state index in [0.29, 0.717) is 17.1 Å². The molecular weight excluding hydrogens is 386 g/mol. The normalized spacial score (nSPS) is 11.9. The Kier molecular flexibility index (Phi) is 8.20. The predicted octanol–water partition coefficient (Wildman–Crippen LogP) is 3.36. The number of halogens is 2. The van der Waals surface area contributed by atoms with Crippen LogP contribution >= 0.6 is 0 Å². The molecule has 156 valence electrons. The van der Waals surface area contributed by atoms with Gasteiger partial charge < -0.3 is 24.4 Å². The predicted molar refractivity (Wildman–Crippen MR) is 103 cm³/mol. The number of nitrogens with zero attached hydrogens (tertiary/aromatic N) is 1. The lowest BCUT2D eigenvalue weighted by atomic mass is 10.2. The smallest absolute Gasteiger partial charge is 0.387 e. The molecule has 0 aliphatic heterocycles. The van der Waals surface area contributed by atoms with E-state index < -0.39 is 12.7 Å². The van der Waals surface area contributed by atoms with Crippen molar-refractivity contribution in [2.75, 3.05) is 14.2 Å². The zero-order valence-electron chi connectivity index (χ0n) is 16.2. The maximum absolute atomic E-state index is 12.1. The summed E-state index contributed by atoms with van der Waals surface area (Å²) in [5.41, 5.74) is 1.43. The van der Waals surface area contributed by atoms with Crippen LogP contribution in [0.2, 0.25) is 0 Å². The van der Waals surface area contributed by atoms with Crippen LogP contribution in [0.4, 0.5) is 8.78 Å². The first-order valence-corrected chi connectivity index (χ1v) is 8.65. The first kappa shape index (κ1) is 21.9. The molecule has 1 atom stereocenters. The van der Waals surface area contributed by atoms with Crippen LogP contribution < -0.4 is 19.5 Å². The lowest BCUT2D eigenvalue weighted by molar-refractivity contribution is -0.131. The molecule has 1 N–H and O–H groups in total. The van der Waals surface area contributed by atoms with Gasteiger partial charge in [-0.05, 0) is 54.4 Å². The number of methoxy groups -OCH3 is 2. The minimum Gasteiger partial charge on any atom is -0.493 e. The van der Waals surface area contributed by atoms with Crippen LogP contribution in [0, 0.1) is 0 Å². The highest BCUT2D eigenvalue weighted by Gasteiger charge is 2.14. The Morgan fingerprint density at radius 1 is 1.10 bits per heavy atom. The maximum Gasteiger partial charge on any atom is 0.387 e. The van der Waals surface area contributed by atoms with Crippen molar-refractivity contribution < 1.29 is 32.6 Å². The molecule has 0 bridgehead atoms. The van der Waals surface area contributed by atoms with E-state index in [1.807, 2.05) is 6.07 Å². The van der Waals surface area contributed by atoms with Crippen LogP contribution in [-0.4, -0.2) is 39.1 Å². The second-order valence-electron chi connectivity index (χ2n) is 5.84. The van der Waals surface area contributed by atoms with Gasteiger partial charge in [0.25, 0.3) is 5.91 Å². The first-order valence-electron chi connectivity index (χ1n) is 8.65. The molecular formula is C20H22F2N2O5. The number of hydrogen-bond acceptors (Lipinski definition) is 6. The third-order valence-electron chi connectivity index (χ3n) is 3.81. The summed E-state index contributed by atoms with van der Waals surface area (Å²) in [6.45, 7) is -1.04. The number of ether oxygens (including phenoxy) is 3. The SMILES string of the molecule is COc1ccc(CNC(=O)C(C)O/N=C/c2ccc(OC(F)F)cc2)cc1OC. The fraction of sp³-hybridized carbons (Fsp3) is 0.300. The van der Waals surface area contributed by atoms with Gasteiger partial charge in [0.15, 0.2) is 11.5 Å². The second-order valence-corrected chi connectivity index (χ2v) is 5.84. The number of alkyl halides is 2. The van der Waals surface area contributed by atoms with E-state index in [1.54, 1.807) is 26.2 Å². The quantitative estimate of drug-likeness (QED) is 0.482. The summed E-state index contributed by atoms with van der Waals surface area (Å²) in [6, 6.07) is 11.2. The Morgan fingerprint density at radius 3 is 2.41 bits per heavy atom. The van der Waals surface area contributed by atoms with Crippen LogP contribution in [0.5, 0.6) is 17.2 Å². The minimum absolute atomic E-state index is 0.0426. The van der Waals surface area contributed by atoms with Gasteiger partial charge in [-0.2, -0.15) is 8.78 Å². The molecule has 2 rings (SSSR count). The lowest BCUT2D eigenvalue weighted by Crippen LogP contribution is -2.33. The van der Waals surface area contributed by atoms with Gasteiger partial charge in [0, 0.05) is 6.54 Å². The standard InChI is InChI=1S/C20H22F2N2O5/c1-13(29-24-12-14-4-7-16(8-5-14)28-20(21)22)19(25)23-11-15-6-9-17(26-2)18(10-15)27-3/h4-10,12-13,20H,11H2,1-3H3,(H,23,25)/b24-12+. The molecule has 2 aromatic rings. The highest BCUT2D eigenvalue weighted by molar-refractivity contribution is 5.81. The van der Waals surface area contributed by atoms with Crippen LogP contribution in [-0.2, 0) is 16.2 Å². The lowest BCUT2D eigenvalue weighted by Gasteiger charge is -2.12. The number of hydrogen-bond donors (Lipinski definition) is 1. The largest absolute Gasteiger partial charge is 0.493 e. The zero-order valence-corrected chi connectivity index (χ0v) is 16.2. The molecule has 0 aliphatic rings. The van der Waals surface area contributed by atoms with Crippen molar-refractivity contribution in [2.45, 2.75) is 26.2 Å². The molecule has 0 aliphatic carbocycles. The van der Waals surface area contributed by atoms with Gasteiger partial charge in [0.2, 0.25) is 6.10 Å². The van der Waals surface area contributed by atoms with Crippen LogP contribution in [0.25, 0.3) is 0 Å². The number of oxime groups is 1. The van der Waals surface area contributed by atoms with Gasteiger partial charge in [-0.3, -0.25) is 4.79 Å². The van der Waals surface area contributed by atoms with Gasteiger partial charge in [-0.15, -0.1) is 0 Å². The summed E-state index contributed by atoms with van der Waals surface area (Å²) >= 11 is 0. The van der Waals surface area contributed by atoms with Crippen molar-refractivity contribution in [3.8, 4) is 17.2 Å². The zero-order chi connectivity index (χ0) is 21.2. The topological polar surface area (TPSA) is 78.4 Å². The molecule has 1 unspecified atom stereocenters. The van der Waals surface area contributed by atoms with E-state index in [1.165, 1.54) is 37.6 Å². The number of nitrogens with one attached hydrogen (secondary N) is 1. The van der Waals surface area contributed by atoms with Crippen molar-refractivity contribution in [3.05, 3.63) is 53.6 Å². The third-order valence-corrected chi connectivity index (χ3v) is 3.81. The third kappa shape index (κ3) is 6.95. The van der Waals surface area contributed by atoms with Gasteiger partial charge in [0.1, 0.15) is 5.75 Å². The fourth-order valence-corrected chi connectivity index (χ4v) is 2.29. The molecule has 9 heteroatoms. The molecule has 0 saturated carbocycles. The average Bonchev–Trinajstić information content (AvgIpc) is 2.72. The average molecular weight is 408 g/mol. The monoisotopic (exact) mass is 408 g/mol. The minimum atomic E-state index is -2.88. The number of amides is 1. The van der Waals surface area contributed by atoms with Gasteiger partial charge in [0.05, 0.1) is 20.4 Å². The van der Waals surface area contributed by atoms with Crippen LogP contribution in [0.3, 0.4) is 0 Å². The molecule has 29 heavy (non-hydrogen) atoms. The number of carbonyl (C=O) groups excluding carboxylic acids is 1. The molecule has 0 radical (unpaired) electrons. The second kappa shape index (κ2) is 10.8. The summed E-state index contributed by atoms with van der Waals surface area (Å²) in [7, 11) is 3.08. The Balaban J connectivity index is 1.82. The Hall–Kier alpha value is -3.36. The van der Waals surface area contributed by atoms with E-state index in [4.69, 9.17) is 14.3 Å². The van der Waals surface area contributed by atoms with Crippen molar-refractivity contribution in [2.24, 2.45) is 5.16 Å². The number of benzene rings is 2. The van der Waals surface area contributed by atoms with Crippen molar-refractivity contribution in [1.82, 2.24) is 5.32 Å². The number of carbonyl (C=O) groups is 1. The molecule has 1 amide bonds. The summed E-state index contributed by atoms with van der Waals surface area (Å²) in [4.78, 5) is 17.3. The van der Waals surface area contributed by atoms with Crippen molar-refractivity contribution in [3.63, 3.8) is 0 Å². The Morgan fingerprint density at radius 2 is 1.79 bits per heavy atom. The molecule has 0 saturated heterocycles. The molecule has 7 nitrogen and oxygen atoms in total. The summed E-state index contributed by atoms with van der Waals surface area (Å²) in [5, 5.41) is 6.49. The van der Waals surface area contributed by atoms with Crippen molar-refractivity contribution in [1.29, 1.82) is 0 Å². The van der Waals surface area contributed by atoms with Gasteiger partial charge >= 0.3 is 6.61 Å². The first-order chi connectivity index (χ1) is 13.9. The highest BCUT2D eigenvalue weighted by Crippen LogP contribution is 2.27. The molecule has 2 aromatic carbocycles. The summed E-state index contributed by atoms with van der Waals surface area (Å²) < 4.78 is 38.9. The number of rotatable bonds is 10.